The molecule has 0 amide bonds. The first-order valence-electron chi connectivity index (χ1n) is 4.30. The zero-order valence-corrected chi connectivity index (χ0v) is 10.0. The van der Waals surface area contributed by atoms with E-state index in [1.807, 2.05) is 19.2 Å². The second-order valence-corrected chi connectivity index (χ2v) is 5.06. The highest BCUT2D eigenvalue weighted by Crippen LogP contribution is 2.28. The van der Waals surface area contributed by atoms with Gasteiger partial charge in [-0.3, -0.25) is 4.72 Å². The number of rotatable bonds is 3. The number of aliphatic hydroxyl groups is 1. The van der Waals surface area contributed by atoms with Gasteiger partial charge in [-0.2, -0.15) is 0 Å². The summed E-state index contributed by atoms with van der Waals surface area (Å²) in [5.74, 6) is 0. The normalized spacial score (nSPS) is 11.8. The Labute approximate surface area is 93.8 Å². The Balaban J connectivity index is 3.07. The summed E-state index contributed by atoms with van der Waals surface area (Å²) in [7, 11) is 1.84. The van der Waals surface area contributed by atoms with Gasteiger partial charge in [-0.05, 0) is 56.6 Å². The average molecular weight is 232 g/mol. The number of halogens is 1. The highest BCUT2D eigenvalue weighted by molar-refractivity contribution is 7.97. The second-order valence-electron chi connectivity index (χ2n) is 3.54. The van der Waals surface area contributed by atoms with Gasteiger partial charge in [0.15, 0.2) is 0 Å². The summed E-state index contributed by atoms with van der Waals surface area (Å²) in [6.07, 6.45) is 0. The summed E-state index contributed by atoms with van der Waals surface area (Å²) in [5.41, 5.74) is -0.0312. The molecule has 0 radical (unpaired) electrons. The minimum absolute atomic E-state index is 0.641. The van der Waals surface area contributed by atoms with Crippen LogP contribution in [-0.2, 0) is 5.60 Å². The van der Waals surface area contributed by atoms with Crippen LogP contribution in [0.15, 0.2) is 23.1 Å². The molecular weight excluding hydrogens is 218 g/mol. The Bertz CT molecular complexity index is 322. The van der Waals surface area contributed by atoms with Crippen molar-refractivity contribution in [1.82, 2.24) is 4.72 Å². The van der Waals surface area contributed by atoms with Crippen molar-refractivity contribution in [3.05, 3.63) is 28.8 Å². The van der Waals surface area contributed by atoms with Crippen LogP contribution in [0.2, 0.25) is 5.02 Å². The standard InChI is InChI=1S/C10H14ClNOS/c1-10(2,13)7-4-8(11)6-9(5-7)14-12-3/h4-6,12-13H,1-3H3. The Morgan fingerprint density at radius 2 is 2.00 bits per heavy atom. The van der Waals surface area contributed by atoms with Gasteiger partial charge in [0.05, 0.1) is 5.60 Å². The predicted octanol–water partition coefficient (Wildman–Crippen LogP) is 2.79. The maximum absolute atomic E-state index is 9.82. The molecule has 0 aliphatic heterocycles. The van der Waals surface area contributed by atoms with Crippen LogP contribution in [0.4, 0.5) is 0 Å². The third-order valence-corrected chi connectivity index (χ3v) is 2.69. The van der Waals surface area contributed by atoms with Crippen molar-refractivity contribution in [2.24, 2.45) is 0 Å². The molecule has 4 heteroatoms. The van der Waals surface area contributed by atoms with Gasteiger partial charge in [-0.1, -0.05) is 11.6 Å². The minimum Gasteiger partial charge on any atom is -0.386 e. The van der Waals surface area contributed by atoms with E-state index in [0.29, 0.717) is 5.02 Å². The van der Waals surface area contributed by atoms with E-state index in [-0.39, 0.29) is 0 Å². The average Bonchev–Trinajstić information content (AvgIpc) is 2.02. The highest BCUT2D eigenvalue weighted by Gasteiger charge is 2.17. The van der Waals surface area contributed by atoms with E-state index in [0.717, 1.165) is 10.5 Å². The number of nitrogens with one attached hydrogen (secondary N) is 1. The molecule has 0 heterocycles. The van der Waals surface area contributed by atoms with Crippen LogP contribution in [0.1, 0.15) is 19.4 Å². The molecule has 2 nitrogen and oxygen atoms in total. The lowest BCUT2D eigenvalue weighted by atomic mass is 9.99. The first-order valence-corrected chi connectivity index (χ1v) is 5.50. The third-order valence-electron chi connectivity index (χ3n) is 1.80. The Hall–Kier alpha value is -0.220. The van der Waals surface area contributed by atoms with E-state index in [1.54, 1.807) is 19.9 Å². The smallest absolute Gasteiger partial charge is 0.0841 e. The largest absolute Gasteiger partial charge is 0.386 e. The summed E-state index contributed by atoms with van der Waals surface area (Å²) in [6, 6.07) is 5.56. The topological polar surface area (TPSA) is 32.3 Å². The van der Waals surface area contributed by atoms with E-state index >= 15 is 0 Å². The molecule has 0 atom stereocenters. The van der Waals surface area contributed by atoms with Crippen LogP contribution >= 0.6 is 23.5 Å². The van der Waals surface area contributed by atoms with Gasteiger partial charge in [0.25, 0.3) is 0 Å². The molecule has 1 aromatic carbocycles. The zero-order valence-electron chi connectivity index (χ0n) is 8.47. The molecule has 0 aliphatic carbocycles. The highest BCUT2D eigenvalue weighted by atomic mass is 35.5. The zero-order chi connectivity index (χ0) is 10.8. The molecule has 14 heavy (non-hydrogen) atoms. The van der Waals surface area contributed by atoms with Gasteiger partial charge >= 0.3 is 0 Å². The lowest BCUT2D eigenvalue weighted by Crippen LogP contribution is -2.15. The molecule has 0 aliphatic rings. The monoisotopic (exact) mass is 231 g/mol. The predicted molar refractivity (Wildman–Crippen MR) is 61.6 cm³/mol. The van der Waals surface area contributed by atoms with Crippen LogP contribution < -0.4 is 4.72 Å². The molecule has 0 aromatic heterocycles. The van der Waals surface area contributed by atoms with Gasteiger partial charge < -0.3 is 5.11 Å². The van der Waals surface area contributed by atoms with Gasteiger partial charge in [-0.15, -0.1) is 0 Å². The number of benzene rings is 1. The fourth-order valence-electron chi connectivity index (χ4n) is 1.09. The van der Waals surface area contributed by atoms with Crippen molar-refractivity contribution in [3.8, 4) is 0 Å². The summed E-state index contributed by atoms with van der Waals surface area (Å²) < 4.78 is 2.97. The summed E-state index contributed by atoms with van der Waals surface area (Å²) in [4.78, 5) is 0.997. The minimum atomic E-state index is -0.853. The van der Waals surface area contributed by atoms with E-state index in [9.17, 15) is 5.11 Å². The molecule has 1 aromatic rings. The van der Waals surface area contributed by atoms with Crippen molar-refractivity contribution in [1.29, 1.82) is 0 Å². The Morgan fingerprint density at radius 3 is 2.50 bits per heavy atom. The molecule has 0 saturated carbocycles. The maximum atomic E-state index is 9.82. The lowest BCUT2D eigenvalue weighted by molar-refractivity contribution is 0.0784. The fraction of sp³-hybridized carbons (Fsp3) is 0.400. The van der Waals surface area contributed by atoms with Crippen LogP contribution in [0.25, 0.3) is 0 Å². The number of hydrogen-bond donors (Lipinski definition) is 2. The first kappa shape index (κ1) is 11.9. The summed E-state index contributed by atoms with van der Waals surface area (Å²) in [6.45, 7) is 3.49. The molecule has 0 spiro atoms. The lowest BCUT2D eigenvalue weighted by Gasteiger charge is -2.18. The van der Waals surface area contributed by atoms with Crippen molar-refractivity contribution in [2.75, 3.05) is 7.05 Å². The van der Waals surface area contributed by atoms with Crippen molar-refractivity contribution < 1.29 is 5.11 Å². The molecule has 1 rings (SSSR count). The van der Waals surface area contributed by atoms with Gasteiger partial charge in [0, 0.05) is 9.92 Å². The van der Waals surface area contributed by atoms with Crippen molar-refractivity contribution >= 4 is 23.5 Å². The van der Waals surface area contributed by atoms with Crippen LogP contribution in [0.5, 0.6) is 0 Å². The molecule has 0 fully saturated rings. The van der Waals surface area contributed by atoms with E-state index < -0.39 is 5.60 Å². The molecule has 0 bridgehead atoms. The van der Waals surface area contributed by atoms with Gasteiger partial charge in [-0.25, -0.2) is 0 Å². The van der Waals surface area contributed by atoms with Gasteiger partial charge in [0.1, 0.15) is 0 Å². The molecule has 0 unspecified atom stereocenters. The van der Waals surface area contributed by atoms with E-state index in [1.165, 1.54) is 11.9 Å². The van der Waals surface area contributed by atoms with Gasteiger partial charge in [0.2, 0.25) is 0 Å². The van der Waals surface area contributed by atoms with E-state index in [2.05, 4.69) is 4.72 Å². The molecular formula is C10H14ClNOS. The Morgan fingerprint density at radius 1 is 1.36 bits per heavy atom. The van der Waals surface area contributed by atoms with E-state index in [4.69, 9.17) is 11.6 Å². The van der Waals surface area contributed by atoms with Crippen molar-refractivity contribution in [3.63, 3.8) is 0 Å². The van der Waals surface area contributed by atoms with Crippen LogP contribution in [-0.4, -0.2) is 12.2 Å². The van der Waals surface area contributed by atoms with Crippen LogP contribution in [0.3, 0.4) is 0 Å². The summed E-state index contributed by atoms with van der Waals surface area (Å²) >= 11 is 7.41. The Kier molecular flexibility index (Phi) is 3.84. The third kappa shape index (κ3) is 3.17. The quantitative estimate of drug-likeness (QED) is 0.785. The SMILES string of the molecule is CNSc1cc(Cl)cc(C(C)(C)O)c1. The summed E-state index contributed by atoms with van der Waals surface area (Å²) in [5, 5.41) is 10.5. The van der Waals surface area contributed by atoms with Crippen LogP contribution in [0, 0.1) is 0 Å². The first-order chi connectivity index (χ1) is 6.43. The fourth-order valence-corrected chi connectivity index (χ4v) is 2.00. The van der Waals surface area contributed by atoms with Crippen molar-refractivity contribution in [2.45, 2.75) is 24.3 Å². The molecule has 2 N–H and O–H groups in total. The number of hydrogen-bond acceptors (Lipinski definition) is 3. The molecule has 78 valence electrons. The second kappa shape index (κ2) is 4.53. The maximum Gasteiger partial charge on any atom is 0.0841 e. The molecule has 0 saturated heterocycles.